The van der Waals surface area contributed by atoms with Gasteiger partial charge in [-0.2, -0.15) is 0 Å². The number of hydrogen-bond donors (Lipinski definition) is 2. The summed E-state index contributed by atoms with van der Waals surface area (Å²) in [6.07, 6.45) is -1.02. The fourth-order valence-corrected chi connectivity index (χ4v) is 3.24. The van der Waals surface area contributed by atoms with Gasteiger partial charge in [0.1, 0.15) is 24.0 Å². The van der Waals surface area contributed by atoms with Crippen LogP contribution in [-0.2, 0) is 10.3 Å². The zero-order valence-electron chi connectivity index (χ0n) is 15.3. The average molecular weight is 384 g/mol. The van der Waals surface area contributed by atoms with Crippen molar-refractivity contribution >= 4 is 11.9 Å². The Morgan fingerprint density at radius 3 is 2.71 bits per heavy atom. The molecular formula is C20H20N2O6. The lowest BCUT2D eigenvalue weighted by molar-refractivity contribution is -0.132. The van der Waals surface area contributed by atoms with E-state index in [0.717, 1.165) is 4.90 Å². The highest BCUT2D eigenvalue weighted by molar-refractivity contribution is 6.07. The highest BCUT2D eigenvalue weighted by Crippen LogP contribution is 2.37. The fraction of sp³-hybridized carbons (Fsp3) is 0.300. The summed E-state index contributed by atoms with van der Waals surface area (Å²) < 4.78 is 16.1. The molecule has 0 bridgehead atoms. The Morgan fingerprint density at radius 1 is 1.18 bits per heavy atom. The van der Waals surface area contributed by atoms with Crippen LogP contribution < -0.4 is 19.5 Å². The maximum absolute atomic E-state index is 13.0. The molecule has 0 radical (unpaired) electrons. The molecule has 0 spiro atoms. The first-order valence-electron chi connectivity index (χ1n) is 8.87. The van der Waals surface area contributed by atoms with E-state index in [1.807, 2.05) is 18.2 Å². The summed E-state index contributed by atoms with van der Waals surface area (Å²) in [6.45, 7) is 1.53. The number of amides is 3. The van der Waals surface area contributed by atoms with Gasteiger partial charge in [0, 0.05) is 0 Å². The monoisotopic (exact) mass is 384 g/mol. The second-order valence-corrected chi connectivity index (χ2v) is 6.82. The van der Waals surface area contributed by atoms with Gasteiger partial charge in [-0.3, -0.25) is 9.69 Å². The minimum atomic E-state index is -1.25. The number of rotatable bonds is 6. The van der Waals surface area contributed by atoms with E-state index in [-0.39, 0.29) is 19.9 Å². The van der Waals surface area contributed by atoms with Crippen LogP contribution in [0.4, 0.5) is 4.79 Å². The third kappa shape index (κ3) is 3.22. The third-order valence-corrected chi connectivity index (χ3v) is 4.80. The normalized spacial score (nSPS) is 21.6. The maximum atomic E-state index is 13.0. The fourth-order valence-electron chi connectivity index (χ4n) is 3.24. The summed E-state index contributed by atoms with van der Waals surface area (Å²) in [7, 11) is 0. The first-order chi connectivity index (χ1) is 13.5. The topological polar surface area (TPSA) is 97.3 Å². The van der Waals surface area contributed by atoms with Crippen LogP contribution in [0.25, 0.3) is 0 Å². The van der Waals surface area contributed by atoms with Crippen LogP contribution in [0.3, 0.4) is 0 Å². The van der Waals surface area contributed by atoms with Gasteiger partial charge >= 0.3 is 6.03 Å². The number of aliphatic hydroxyl groups excluding tert-OH is 1. The number of imide groups is 1. The highest BCUT2D eigenvalue weighted by atomic mass is 16.7. The SMILES string of the molecule is C[C@@]1(c2ccc3c(c2)OCO3)NC(=O)N(C[C@H](O)COc2ccccc2)C1=O. The first-order valence-corrected chi connectivity index (χ1v) is 8.87. The zero-order valence-corrected chi connectivity index (χ0v) is 15.3. The van der Waals surface area contributed by atoms with Gasteiger partial charge in [-0.15, -0.1) is 0 Å². The van der Waals surface area contributed by atoms with Crippen LogP contribution >= 0.6 is 0 Å². The minimum absolute atomic E-state index is 0.0399. The molecular weight excluding hydrogens is 364 g/mol. The van der Waals surface area contributed by atoms with Crippen molar-refractivity contribution in [2.24, 2.45) is 0 Å². The molecule has 0 aliphatic carbocycles. The van der Waals surface area contributed by atoms with Gasteiger partial charge < -0.3 is 24.6 Å². The van der Waals surface area contributed by atoms with E-state index >= 15 is 0 Å². The van der Waals surface area contributed by atoms with E-state index in [0.29, 0.717) is 22.8 Å². The van der Waals surface area contributed by atoms with Gasteiger partial charge in [-0.25, -0.2) is 4.79 Å². The molecule has 2 aromatic rings. The second-order valence-electron chi connectivity index (χ2n) is 6.82. The lowest BCUT2D eigenvalue weighted by Crippen LogP contribution is -2.42. The Morgan fingerprint density at radius 2 is 1.93 bits per heavy atom. The summed E-state index contributed by atoms with van der Waals surface area (Å²) in [5.41, 5.74) is -0.675. The maximum Gasteiger partial charge on any atom is 0.325 e. The number of β-amino-alcohol motifs (C(OH)–C–C–N with tert-alkyl or cyclic N) is 1. The number of nitrogens with zero attached hydrogens (tertiary/aromatic N) is 1. The van der Waals surface area contributed by atoms with Gasteiger partial charge in [-0.1, -0.05) is 24.3 Å². The molecule has 2 aliphatic rings. The number of aliphatic hydroxyl groups is 1. The van der Waals surface area contributed by atoms with Crippen LogP contribution in [0.5, 0.6) is 17.2 Å². The first kappa shape index (κ1) is 18.1. The van der Waals surface area contributed by atoms with Gasteiger partial charge in [0.15, 0.2) is 11.5 Å². The Hall–Kier alpha value is -3.26. The summed E-state index contributed by atoms with van der Waals surface area (Å²) in [5.74, 6) is 1.27. The number of hydrogen-bond acceptors (Lipinski definition) is 6. The quantitative estimate of drug-likeness (QED) is 0.735. The lowest BCUT2D eigenvalue weighted by atomic mass is 9.91. The van der Waals surface area contributed by atoms with E-state index in [9.17, 15) is 14.7 Å². The van der Waals surface area contributed by atoms with Gasteiger partial charge in [0.05, 0.1) is 6.54 Å². The molecule has 1 fully saturated rings. The predicted octanol–water partition coefficient (Wildman–Crippen LogP) is 1.62. The molecule has 0 saturated carbocycles. The molecule has 28 heavy (non-hydrogen) atoms. The van der Waals surface area contributed by atoms with Gasteiger partial charge in [0.25, 0.3) is 5.91 Å². The van der Waals surface area contributed by atoms with Crippen molar-refractivity contribution in [2.45, 2.75) is 18.6 Å². The van der Waals surface area contributed by atoms with E-state index in [4.69, 9.17) is 14.2 Å². The lowest BCUT2D eigenvalue weighted by Gasteiger charge is -2.23. The zero-order chi connectivity index (χ0) is 19.7. The number of urea groups is 1. The summed E-state index contributed by atoms with van der Waals surface area (Å²) in [6, 6.07) is 13.5. The van der Waals surface area contributed by atoms with Crippen molar-refractivity contribution in [3.8, 4) is 17.2 Å². The minimum Gasteiger partial charge on any atom is -0.491 e. The Kier molecular flexibility index (Phi) is 4.56. The predicted molar refractivity (Wildman–Crippen MR) is 98.1 cm³/mol. The number of carbonyl (C=O) groups is 2. The Bertz CT molecular complexity index is 903. The molecule has 2 aromatic carbocycles. The third-order valence-electron chi connectivity index (χ3n) is 4.80. The van der Waals surface area contributed by atoms with Crippen molar-refractivity contribution in [1.29, 1.82) is 0 Å². The molecule has 0 unspecified atom stereocenters. The van der Waals surface area contributed by atoms with Crippen molar-refractivity contribution < 1.29 is 28.9 Å². The molecule has 4 rings (SSSR count). The molecule has 8 nitrogen and oxygen atoms in total. The second kappa shape index (κ2) is 7.05. The number of fused-ring (bicyclic) bond motifs is 1. The van der Waals surface area contributed by atoms with Crippen LogP contribution in [0, 0.1) is 0 Å². The standard InChI is InChI=1S/C20H20N2O6/c1-20(13-7-8-16-17(9-13)28-12-27-16)18(24)22(19(25)21-20)10-14(23)11-26-15-5-3-2-4-6-15/h2-9,14,23H,10-12H2,1H3,(H,21,25)/t14-,20-/m0/s1. The molecule has 3 amide bonds. The Balaban J connectivity index is 1.44. The molecule has 1 saturated heterocycles. The summed E-state index contributed by atoms with van der Waals surface area (Å²) >= 11 is 0. The van der Waals surface area contributed by atoms with Crippen molar-refractivity contribution in [3.05, 3.63) is 54.1 Å². The van der Waals surface area contributed by atoms with E-state index in [2.05, 4.69) is 5.32 Å². The number of nitrogens with one attached hydrogen (secondary N) is 1. The van der Waals surface area contributed by atoms with Crippen LogP contribution in [-0.4, -0.2) is 48.0 Å². The number of carbonyl (C=O) groups excluding carboxylic acids is 2. The van der Waals surface area contributed by atoms with E-state index < -0.39 is 23.6 Å². The van der Waals surface area contributed by atoms with Crippen molar-refractivity contribution in [3.63, 3.8) is 0 Å². The highest BCUT2D eigenvalue weighted by Gasteiger charge is 2.49. The van der Waals surface area contributed by atoms with Crippen LogP contribution in [0.1, 0.15) is 12.5 Å². The molecule has 2 N–H and O–H groups in total. The molecule has 2 atom stereocenters. The molecule has 2 heterocycles. The average Bonchev–Trinajstić information content (AvgIpc) is 3.25. The number of ether oxygens (including phenoxy) is 3. The van der Waals surface area contributed by atoms with Crippen molar-refractivity contribution in [1.82, 2.24) is 10.2 Å². The van der Waals surface area contributed by atoms with Gasteiger partial charge in [-0.05, 0) is 36.8 Å². The molecule has 2 aliphatic heterocycles. The number of benzene rings is 2. The van der Waals surface area contributed by atoms with Crippen LogP contribution in [0.2, 0.25) is 0 Å². The van der Waals surface area contributed by atoms with E-state index in [1.165, 1.54) is 0 Å². The Labute approximate surface area is 161 Å². The summed E-state index contributed by atoms with van der Waals surface area (Å²) in [4.78, 5) is 26.4. The van der Waals surface area contributed by atoms with Gasteiger partial charge in [0.2, 0.25) is 6.79 Å². The summed E-state index contributed by atoms with van der Waals surface area (Å²) in [5, 5.41) is 12.9. The molecule has 0 aromatic heterocycles. The smallest absolute Gasteiger partial charge is 0.325 e. The molecule has 8 heteroatoms. The molecule has 146 valence electrons. The number of para-hydroxylation sites is 1. The van der Waals surface area contributed by atoms with E-state index in [1.54, 1.807) is 37.3 Å². The van der Waals surface area contributed by atoms with Crippen molar-refractivity contribution in [2.75, 3.05) is 19.9 Å². The van der Waals surface area contributed by atoms with Crippen LogP contribution in [0.15, 0.2) is 48.5 Å². The largest absolute Gasteiger partial charge is 0.491 e.